The Morgan fingerprint density at radius 3 is 2.33 bits per heavy atom. The van der Waals surface area contributed by atoms with Gasteiger partial charge in [0, 0.05) is 16.9 Å². The molecule has 0 aliphatic rings. The molecule has 3 nitrogen and oxygen atoms in total. The average Bonchev–Trinajstić information content (AvgIpc) is 2.48. The molecule has 0 saturated heterocycles. The Labute approximate surface area is 133 Å². The van der Waals surface area contributed by atoms with E-state index in [2.05, 4.69) is 21.2 Å². The van der Waals surface area contributed by atoms with Crippen LogP contribution in [0, 0.1) is 0 Å². The van der Waals surface area contributed by atoms with E-state index in [4.69, 9.17) is 5.73 Å². The van der Waals surface area contributed by atoms with Crippen LogP contribution in [0.2, 0.25) is 0 Å². The fourth-order valence-electron chi connectivity index (χ4n) is 2.15. The summed E-state index contributed by atoms with van der Waals surface area (Å²) in [6, 6.07) is 17.3. The molecule has 0 radical (unpaired) electrons. The third-order valence-electron chi connectivity index (χ3n) is 3.38. The molecule has 0 bridgehead atoms. The van der Waals surface area contributed by atoms with E-state index in [1.807, 2.05) is 61.5 Å². The largest absolute Gasteiger partial charge is 0.350 e. The molecule has 0 aliphatic heterocycles. The molecule has 2 aromatic carbocycles. The number of benzene rings is 2. The highest BCUT2D eigenvalue weighted by Gasteiger charge is 2.14. The van der Waals surface area contributed by atoms with Gasteiger partial charge in [0.2, 0.25) is 5.91 Å². The van der Waals surface area contributed by atoms with Crippen molar-refractivity contribution in [3.8, 4) is 0 Å². The molecule has 3 N–H and O–H groups in total. The first-order valence-electron chi connectivity index (χ1n) is 6.91. The third-order valence-corrected chi connectivity index (χ3v) is 3.91. The number of halogens is 1. The number of amides is 1. The smallest absolute Gasteiger partial charge is 0.222 e. The zero-order valence-corrected chi connectivity index (χ0v) is 13.5. The summed E-state index contributed by atoms with van der Waals surface area (Å²) in [5.41, 5.74) is 8.11. The predicted molar refractivity (Wildman–Crippen MR) is 88.7 cm³/mol. The topological polar surface area (TPSA) is 55.1 Å². The SMILES string of the molecule is C[C@@H](NC(=O)C[C@@H](N)c1ccccc1)c1ccc(Br)cc1. The number of hydrogen-bond acceptors (Lipinski definition) is 2. The van der Waals surface area contributed by atoms with Crippen molar-refractivity contribution >= 4 is 21.8 Å². The van der Waals surface area contributed by atoms with Crippen LogP contribution in [-0.4, -0.2) is 5.91 Å². The Bertz CT molecular complexity index is 583. The lowest BCUT2D eigenvalue weighted by Crippen LogP contribution is -2.29. The van der Waals surface area contributed by atoms with Crippen LogP contribution < -0.4 is 11.1 Å². The second-order valence-electron chi connectivity index (χ2n) is 5.06. The molecule has 0 saturated carbocycles. The van der Waals surface area contributed by atoms with Gasteiger partial charge in [0.05, 0.1) is 6.04 Å². The van der Waals surface area contributed by atoms with Crippen molar-refractivity contribution in [2.24, 2.45) is 5.73 Å². The van der Waals surface area contributed by atoms with Gasteiger partial charge in [-0.05, 0) is 30.2 Å². The van der Waals surface area contributed by atoms with Crippen molar-refractivity contribution in [3.63, 3.8) is 0 Å². The summed E-state index contributed by atoms with van der Waals surface area (Å²) in [5, 5.41) is 2.98. The molecule has 2 atom stereocenters. The van der Waals surface area contributed by atoms with Gasteiger partial charge in [-0.25, -0.2) is 0 Å². The number of nitrogens with one attached hydrogen (secondary N) is 1. The van der Waals surface area contributed by atoms with Gasteiger partial charge in [0.15, 0.2) is 0 Å². The first-order valence-corrected chi connectivity index (χ1v) is 7.71. The quantitative estimate of drug-likeness (QED) is 0.866. The van der Waals surface area contributed by atoms with Crippen LogP contribution in [0.25, 0.3) is 0 Å². The maximum Gasteiger partial charge on any atom is 0.222 e. The number of rotatable bonds is 5. The van der Waals surface area contributed by atoms with E-state index in [0.29, 0.717) is 0 Å². The number of hydrogen-bond donors (Lipinski definition) is 2. The van der Waals surface area contributed by atoms with Gasteiger partial charge in [0.25, 0.3) is 0 Å². The van der Waals surface area contributed by atoms with E-state index >= 15 is 0 Å². The lowest BCUT2D eigenvalue weighted by atomic mass is 10.0. The summed E-state index contributed by atoms with van der Waals surface area (Å²) in [4.78, 5) is 12.1. The Morgan fingerprint density at radius 2 is 1.71 bits per heavy atom. The molecular weight excluding hydrogens is 328 g/mol. The van der Waals surface area contributed by atoms with Crippen LogP contribution in [0.15, 0.2) is 59.1 Å². The highest BCUT2D eigenvalue weighted by molar-refractivity contribution is 9.10. The second kappa shape index (κ2) is 7.38. The van der Waals surface area contributed by atoms with Crippen LogP contribution in [0.5, 0.6) is 0 Å². The van der Waals surface area contributed by atoms with Crippen LogP contribution in [-0.2, 0) is 4.79 Å². The van der Waals surface area contributed by atoms with Crippen LogP contribution in [0.1, 0.15) is 36.6 Å². The molecule has 2 aromatic rings. The van der Waals surface area contributed by atoms with Crippen LogP contribution >= 0.6 is 15.9 Å². The van der Waals surface area contributed by atoms with Crippen molar-refractivity contribution in [2.45, 2.75) is 25.4 Å². The van der Waals surface area contributed by atoms with Crippen molar-refractivity contribution in [1.29, 1.82) is 0 Å². The normalized spacial score (nSPS) is 13.5. The summed E-state index contributed by atoms with van der Waals surface area (Å²) < 4.78 is 1.02. The molecule has 1 amide bonds. The van der Waals surface area contributed by atoms with E-state index < -0.39 is 0 Å². The van der Waals surface area contributed by atoms with E-state index in [1.54, 1.807) is 0 Å². The van der Waals surface area contributed by atoms with Gasteiger partial charge in [-0.2, -0.15) is 0 Å². The standard InChI is InChI=1S/C17H19BrN2O/c1-12(13-7-9-15(18)10-8-13)20-17(21)11-16(19)14-5-3-2-4-6-14/h2-10,12,16H,11,19H2,1H3,(H,20,21)/t12-,16-/m1/s1. The highest BCUT2D eigenvalue weighted by atomic mass is 79.9. The maximum atomic E-state index is 12.1. The minimum absolute atomic E-state index is 0.0337. The van der Waals surface area contributed by atoms with Crippen molar-refractivity contribution < 1.29 is 4.79 Å². The number of nitrogens with two attached hydrogens (primary N) is 1. The first kappa shape index (κ1) is 15.7. The molecule has 110 valence electrons. The Hall–Kier alpha value is -1.65. The molecule has 0 spiro atoms. The molecule has 0 fully saturated rings. The molecule has 0 heterocycles. The lowest BCUT2D eigenvalue weighted by molar-refractivity contribution is -0.122. The van der Waals surface area contributed by atoms with Crippen molar-refractivity contribution in [3.05, 3.63) is 70.2 Å². The maximum absolute atomic E-state index is 12.1. The van der Waals surface area contributed by atoms with Crippen LogP contribution in [0.4, 0.5) is 0 Å². The van der Waals surface area contributed by atoms with Crippen LogP contribution in [0.3, 0.4) is 0 Å². The zero-order chi connectivity index (χ0) is 15.2. The van der Waals surface area contributed by atoms with Gasteiger partial charge in [0.1, 0.15) is 0 Å². The summed E-state index contributed by atoms with van der Waals surface area (Å²) in [6.45, 7) is 1.97. The molecule has 2 rings (SSSR count). The summed E-state index contributed by atoms with van der Waals surface area (Å²) in [7, 11) is 0. The second-order valence-corrected chi connectivity index (χ2v) is 5.98. The molecule has 21 heavy (non-hydrogen) atoms. The third kappa shape index (κ3) is 4.69. The molecule has 0 unspecified atom stereocenters. The fourth-order valence-corrected chi connectivity index (χ4v) is 2.42. The molecule has 0 aromatic heterocycles. The predicted octanol–water partition coefficient (Wildman–Crippen LogP) is 3.72. The lowest BCUT2D eigenvalue weighted by Gasteiger charge is -2.17. The van der Waals surface area contributed by atoms with E-state index in [1.165, 1.54) is 0 Å². The average molecular weight is 347 g/mol. The minimum atomic E-state index is -0.275. The van der Waals surface area contributed by atoms with Gasteiger partial charge in [-0.1, -0.05) is 58.4 Å². The molecule has 4 heteroatoms. The highest BCUT2D eigenvalue weighted by Crippen LogP contribution is 2.18. The summed E-state index contributed by atoms with van der Waals surface area (Å²) in [5.74, 6) is -0.0400. The number of carbonyl (C=O) groups excluding carboxylic acids is 1. The first-order chi connectivity index (χ1) is 10.1. The molecule has 0 aliphatic carbocycles. The van der Waals surface area contributed by atoms with E-state index in [9.17, 15) is 4.79 Å². The van der Waals surface area contributed by atoms with Gasteiger partial charge >= 0.3 is 0 Å². The Kier molecular flexibility index (Phi) is 5.53. The Morgan fingerprint density at radius 1 is 1.10 bits per heavy atom. The Balaban J connectivity index is 1.91. The summed E-state index contributed by atoms with van der Waals surface area (Å²) >= 11 is 3.40. The van der Waals surface area contributed by atoms with Gasteiger partial charge < -0.3 is 11.1 Å². The minimum Gasteiger partial charge on any atom is -0.350 e. The number of carbonyl (C=O) groups is 1. The van der Waals surface area contributed by atoms with Gasteiger partial charge in [-0.15, -0.1) is 0 Å². The van der Waals surface area contributed by atoms with Gasteiger partial charge in [-0.3, -0.25) is 4.79 Å². The fraction of sp³-hybridized carbons (Fsp3) is 0.235. The van der Waals surface area contributed by atoms with E-state index in [-0.39, 0.29) is 24.4 Å². The zero-order valence-electron chi connectivity index (χ0n) is 11.9. The van der Waals surface area contributed by atoms with Crippen molar-refractivity contribution in [1.82, 2.24) is 5.32 Å². The summed E-state index contributed by atoms with van der Waals surface area (Å²) in [6.07, 6.45) is 0.283. The monoisotopic (exact) mass is 346 g/mol. The molecular formula is C17H19BrN2O. The van der Waals surface area contributed by atoms with E-state index in [0.717, 1.165) is 15.6 Å². The van der Waals surface area contributed by atoms with Crippen molar-refractivity contribution in [2.75, 3.05) is 0 Å².